The number of nitrogens with zero attached hydrogens (tertiary/aromatic N) is 1. The van der Waals surface area contributed by atoms with E-state index in [9.17, 15) is 35.4 Å². The van der Waals surface area contributed by atoms with Crippen LogP contribution >= 0.6 is 0 Å². The fraction of sp³-hybridized carbons (Fsp3) is 0.966. The number of rotatable bonds is 1. The molecule has 10 nitrogen and oxygen atoms in total. The van der Waals surface area contributed by atoms with Crippen LogP contribution in [0.15, 0.2) is 0 Å². The van der Waals surface area contributed by atoms with Crippen molar-refractivity contribution in [1.82, 2.24) is 4.90 Å². The molecule has 6 N–H and O–H groups in total. The average molecular weight is 552 g/mol. The van der Waals surface area contributed by atoms with Gasteiger partial charge in [0.15, 0.2) is 6.10 Å². The van der Waals surface area contributed by atoms with Crippen molar-refractivity contribution in [3.63, 3.8) is 0 Å². The topological polar surface area (TPSA) is 160 Å². The molecule has 4 saturated carbocycles. The lowest BCUT2D eigenvalue weighted by atomic mass is 9.49. The number of ether oxygens (including phenoxy) is 2. The monoisotopic (exact) mass is 551 g/mol. The smallest absolute Gasteiger partial charge is 0.303 e. The Bertz CT molecular complexity index is 1100. The fourth-order valence-electron chi connectivity index (χ4n) is 11.6. The molecule has 0 unspecified atom stereocenters. The minimum atomic E-state index is -2.05. The molecule has 1 spiro atoms. The highest BCUT2D eigenvalue weighted by molar-refractivity contribution is 5.66. The fourth-order valence-corrected chi connectivity index (χ4v) is 11.6. The highest BCUT2D eigenvalue weighted by Crippen LogP contribution is 2.78. The number of piperidine rings is 2. The van der Waals surface area contributed by atoms with Gasteiger partial charge in [-0.05, 0) is 51.4 Å². The molecule has 4 bridgehead atoms. The second-order valence-electron chi connectivity index (χ2n) is 14.9. The number of fused-ring (bicyclic) bond motifs is 5. The highest BCUT2D eigenvalue weighted by atomic mass is 16.7. The van der Waals surface area contributed by atoms with Crippen LogP contribution in [-0.4, -0.2) is 107 Å². The Balaban J connectivity index is 1.36. The predicted molar refractivity (Wildman–Crippen MR) is 136 cm³/mol. The zero-order chi connectivity index (χ0) is 28.2. The van der Waals surface area contributed by atoms with Gasteiger partial charge in [0.05, 0.1) is 11.7 Å². The molecular formula is C29H45NO9. The van der Waals surface area contributed by atoms with Gasteiger partial charge in [-0.15, -0.1) is 0 Å². The molecule has 0 amide bonds. The van der Waals surface area contributed by atoms with E-state index in [1.807, 2.05) is 6.92 Å². The molecule has 0 aromatic carbocycles. The van der Waals surface area contributed by atoms with Gasteiger partial charge >= 0.3 is 5.97 Å². The Labute approximate surface area is 229 Å². The van der Waals surface area contributed by atoms with Gasteiger partial charge in [-0.25, -0.2) is 0 Å². The minimum absolute atomic E-state index is 0.0485. The van der Waals surface area contributed by atoms with Gasteiger partial charge in [0.1, 0.15) is 22.4 Å². The van der Waals surface area contributed by atoms with Crippen LogP contribution in [0.5, 0.6) is 0 Å². The molecule has 4 aliphatic carbocycles. The first kappa shape index (κ1) is 27.0. The molecule has 3 aliphatic heterocycles. The summed E-state index contributed by atoms with van der Waals surface area (Å²) in [6.07, 6.45) is 0.797. The predicted octanol–water partition coefficient (Wildman–Crippen LogP) is 0.0449. The van der Waals surface area contributed by atoms with Crippen molar-refractivity contribution in [2.75, 3.05) is 13.1 Å². The van der Waals surface area contributed by atoms with E-state index in [4.69, 9.17) is 9.47 Å². The molecule has 3 heterocycles. The quantitative estimate of drug-likeness (QED) is 0.246. The summed E-state index contributed by atoms with van der Waals surface area (Å²) in [5.41, 5.74) is -9.28. The summed E-state index contributed by atoms with van der Waals surface area (Å²) < 4.78 is 12.2. The Morgan fingerprint density at radius 1 is 0.923 bits per heavy atom. The van der Waals surface area contributed by atoms with E-state index >= 15 is 0 Å². The number of carbonyl (C=O) groups is 1. The summed E-state index contributed by atoms with van der Waals surface area (Å²) >= 11 is 0. The van der Waals surface area contributed by atoms with Gasteiger partial charge in [-0.2, -0.15) is 0 Å². The molecular weight excluding hydrogens is 506 g/mol. The number of hydrogen-bond donors (Lipinski definition) is 6. The van der Waals surface area contributed by atoms with Crippen LogP contribution in [0.25, 0.3) is 0 Å². The van der Waals surface area contributed by atoms with E-state index in [1.165, 1.54) is 6.92 Å². The minimum Gasteiger partial charge on any atom is -0.457 e. The Morgan fingerprint density at radius 2 is 1.62 bits per heavy atom. The normalized spacial score (nSPS) is 63.5. The molecule has 0 aromatic rings. The molecule has 7 rings (SSSR count). The summed E-state index contributed by atoms with van der Waals surface area (Å²) in [6.45, 7) is 7.96. The average Bonchev–Trinajstić information content (AvgIpc) is 3.01. The molecule has 3 saturated heterocycles. The van der Waals surface area contributed by atoms with Crippen molar-refractivity contribution < 1.29 is 44.9 Å². The van der Waals surface area contributed by atoms with Crippen LogP contribution in [0.3, 0.4) is 0 Å². The van der Waals surface area contributed by atoms with Crippen LogP contribution in [0.1, 0.15) is 79.1 Å². The zero-order valence-electron chi connectivity index (χ0n) is 23.5. The standard InChI is InChI=1S/C29H45NO9/c1-15-5-8-20-24(4,33)28(36)19(13-30(20)12-15)26(35)14-27-18(25(26,34)11-21(28)32)7-6-17-23(27,3)10-9-22(38-16(2)31)29(17,37)39-27/h15,17-22,32-37H,5-14H2,1-4H3/t15-,17-,18-,19-,20-,21-,22-,23-,24+,25+,26+,27+,28-,29-/m0/s1. The number of aliphatic hydroxyl groups excluding tert-OH is 1. The van der Waals surface area contributed by atoms with Gasteiger partial charge in [-0.1, -0.05) is 13.8 Å². The zero-order valence-corrected chi connectivity index (χ0v) is 23.5. The number of esters is 1. The second kappa shape index (κ2) is 7.56. The van der Waals surface area contributed by atoms with Crippen LogP contribution in [0.4, 0.5) is 0 Å². The first-order valence-electron chi connectivity index (χ1n) is 14.9. The van der Waals surface area contributed by atoms with Gasteiger partial charge < -0.3 is 40.1 Å². The lowest BCUT2D eigenvalue weighted by molar-refractivity contribution is -0.354. The first-order valence-corrected chi connectivity index (χ1v) is 14.9. The third-order valence-corrected chi connectivity index (χ3v) is 13.4. The van der Waals surface area contributed by atoms with E-state index in [0.717, 1.165) is 6.42 Å². The molecule has 7 aliphatic rings. The van der Waals surface area contributed by atoms with Crippen molar-refractivity contribution in [2.24, 2.45) is 29.1 Å². The largest absolute Gasteiger partial charge is 0.457 e. The van der Waals surface area contributed by atoms with Crippen molar-refractivity contribution in [3.05, 3.63) is 0 Å². The van der Waals surface area contributed by atoms with E-state index in [-0.39, 0.29) is 31.3 Å². The Kier molecular flexibility index (Phi) is 5.23. The van der Waals surface area contributed by atoms with Gasteiger partial charge in [-0.3, -0.25) is 9.69 Å². The summed E-state index contributed by atoms with van der Waals surface area (Å²) in [7, 11) is 0. The lowest BCUT2D eigenvalue weighted by Crippen LogP contribution is -2.85. The Morgan fingerprint density at radius 3 is 2.31 bits per heavy atom. The van der Waals surface area contributed by atoms with Crippen LogP contribution in [-0.2, 0) is 14.3 Å². The van der Waals surface area contributed by atoms with Gasteiger partial charge in [0.2, 0.25) is 5.79 Å². The SMILES string of the molecule is CC(=O)O[C@H]1CC[C@@]2(C)[C@@H]3CC[C@H]4[C@]5(O)C[C@H](O)[C@@]6(O)[C@@H](CN7C[C@@H](C)CC[C@H]7[C@@]6(C)O)[C@]5(O)C[C@@]42O[C@]13O. The number of hydrogen-bond acceptors (Lipinski definition) is 10. The summed E-state index contributed by atoms with van der Waals surface area (Å²) in [5.74, 6) is -3.93. The van der Waals surface area contributed by atoms with Gasteiger partial charge in [0.25, 0.3) is 0 Å². The van der Waals surface area contributed by atoms with Crippen LogP contribution in [0, 0.1) is 29.1 Å². The molecule has 14 atom stereocenters. The lowest BCUT2D eigenvalue weighted by Gasteiger charge is -2.68. The second-order valence-corrected chi connectivity index (χ2v) is 14.9. The summed E-state index contributed by atoms with van der Waals surface area (Å²) in [6, 6.07) is -0.379. The summed E-state index contributed by atoms with van der Waals surface area (Å²) in [5, 5.41) is 73.3. The maximum atomic E-state index is 12.8. The van der Waals surface area contributed by atoms with E-state index in [2.05, 4.69) is 11.8 Å². The van der Waals surface area contributed by atoms with E-state index in [0.29, 0.717) is 44.6 Å². The van der Waals surface area contributed by atoms with Crippen LogP contribution in [0.2, 0.25) is 0 Å². The third-order valence-electron chi connectivity index (χ3n) is 13.4. The maximum absolute atomic E-state index is 12.8. The molecule has 220 valence electrons. The molecule has 0 radical (unpaired) electrons. The maximum Gasteiger partial charge on any atom is 0.303 e. The Hall–Kier alpha value is -0.850. The highest BCUT2D eigenvalue weighted by Gasteiger charge is 2.88. The van der Waals surface area contributed by atoms with Crippen molar-refractivity contribution in [3.8, 4) is 0 Å². The van der Waals surface area contributed by atoms with E-state index in [1.54, 1.807) is 6.92 Å². The molecule has 39 heavy (non-hydrogen) atoms. The van der Waals surface area contributed by atoms with Crippen molar-refractivity contribution in [1.29, 1.82) is 0 Å². The number of aliphatic hydroxyl groups is 6. The van der Waals surface area contributed by atoms with Gasteiger partial charge in [0, 0.05) is 62.1 Å². The third kappa shape index (κ3) is 2.75. The van der Waals surface area contributed by atoms with E-state index < -0.39 is 69.2 Å². The molecule has 10 heteroatoms. The van der Waals surface area contributed by atoms with Crippen LogP contribution < -0.4 is 0 Å². The summed E-state index contributed by atoms with van der Waals surface area (Å²) in [4.78, 5) is 14.0. The molecule has 0 aromatic heterocycles. The number of carbonyl (C=O) groups excluding carboxylic acids is 1. The van der Waals surface area contributed by atoms with Crippen molar-refractivity contribution in [2.45, 2.75) is 131 Å². The van der Waals surface area contributed by atoms with Crippen molar-refractivity contribution >= 4 is 5.97 Å². The first-order chi connectivity index (χ1) is 18.0. The molecule has 7 fully saturated rings.